The number of aromatic amines is 1. The van der Waals surface area contributed by atoms with Crippen molar-refractivity contribution in [2.45, 2.75) is 45.1 Å². The molecule has 150 valence electrons. The van der Waals surface area contributed by atoms with E-state index in [9.17, 15) is 13.6 Å². The molecule has 5 rings (SSSR count). The van der Waals surface area contributed by atoms with Gasteiger partial charge in [-0.3, -0.25) is 4.79 Å². The van der Waals surface area contributed by atoms with Crippen molar-refractivity contribution in [3.8, 4) is 11.4 Å². The number of H-pyrrole nitrogens is 1. The van der Waals surface area contributed by atoms with Crippen molar-refractivity contribution >= 4 is 22.6 Å². The summed E-state index contributed by atoms with van der Waals surface area (Å²) >= 11 is 0. The lowest BCUT2D eigenvalue weighted by atomic mass is 9.53. The third-order valence-corrected chi connectivity index (χ3v) is 6.63. The average molecular weight is 397 g/mol. The molecule has 8 heteroatoms. The number of anilines is 1. The molecule has 2 saturated carbocycles. The monoisotopic (exact) mass is 397 g/mol. The molecule has 0 aromatic carbocycles. The highest BCUT2D eigenvalue weighted by Gasteiger charge is 2.52. The normalized spacial score (nSPS) is 26.7. The van der Waals surface area contributed by atoms with Crippen LogP contribution in [0.2, 0.25) is 0 Å². The highest BCUT2D eigenvalue weighted by atomic mass is 19.1. The van der Waals surface area contributed by atoms with Gasteiger partial charge in [0.2, 0.25) is 0 Å². The molecule has 0 radical (unpaired) electrons. The van der Waals surface area contributed by atoms with Crippen LogP contribution >= 0.6 is 0 Å². The van der Waals surface area contributed by atoms with Crippen LogP contribution in [0.3, 0.4) is 0 Å². The first-order chi connectivity index (χ1) is 13.9. The Morgan fingerprint density at radius 2 is 2.14 bits per heavy atom. The van der Waals surface area contributed by atoms with Crippen LogP contribution in [-0.2, 0) is 4.79 Å². The standard InChI is InChI=1S/C21H21F2N5O/c1-11-17(29)7-21(11)4-2-3-13(6-21)27-20-16(23)10-26-19(28-20)15-9-25-18-14(15)5-12(22)8-24-18/h5,8-11,13H,2-4,6-7H2,1H3,(H,24,25)(H,26,27,28). The Balaban J connectivity index is 1.43. The number of hydrogen-bond acceptors (Lipinski definition) is 5. The van der Waals surface area contributed by atoms with Gasteiger partial charge in [-0.25, -0.2) is 23.7 Å². The molecule has 2 aliphatic rings. The molecule has 2 N–H and O–H groups in total. The number of ketones is 1. The van der Waals surface area contributed by atoms with E-state index in [2.05, 4.69) is 25.3 Å². The van der Waals surface area contributed by atoms with E-state index in [1.54, 1.807) is 6.20 Å². The van der Waals surface area contributed by atoms with E-state index < -0.39 is 11.6 Å². The Kier molecular flexibility index (Phi) is 4.11. The van der Waals surface area contributed by atoms with Crippen molar-refractivity contribution in [1.29, 1.82) is 0 Å². The van der Waals surface area contributed by atoms with Crippen LogP contribution < -0.4 is 5.32 Å². The lowest BCUT2D eigenvalue weighted by Crippen LogP contribution is -2.51. The Bertz CT molecular complexity index is 1110. The Morgan fingerprint density at radius 1 is 1.28 bits per heavy atom. The highest BCUT2D eigenvalue weighted by molar-refractivity contribution is 5.91. The van der Waals surface area contributed by atoms with Gasteiger partial charge in [-0.15, -0.1) is 0 Å². The quantitative estimate of drug-likeness (QED) is 0.690. The predicted molar refractivity (Wildman–Crippen MR) is 104 cm³/mol. The van der Waals surface area contributed by atoms with E-state index in [0.717, 1.165) is 38.1 Å². The number of carbonyl (C=O) groups is 1. The minimum atomic E-state index is -0.532. The van der Waals surface area contributed by atoms with Gasteiger partial charge in [0.1, 0.15) is 17.2 Å². The second-order valence-electron chi connectivity index (χ2n) is 8.31. The van der Waals surface area contributed by atoms with Crippen LogP contribution in [0.4, 0.5) is 14.6 Å². The van der Waals surface area contributed by atoms with Gasteiger partial charge in [0, 0.05) is 35.5 Å². The number of halogens is 2. The molecule has 0 saturated heterocycles. The zero-order valence-electron chi connectivity index (χ0n) is 16.0. The first-order valence-electron chi connectivity index (χ1n) is 9.90. The Morgan fingerprint density at radius 3 is 2.93 bits per heavy atom. The van der Waals surface area contributed by atoms with Crippen LogP contribution in [0.25, 0.3) is 22.4 Å². The van der Waals surface area contributed by atoms with Gasteiger partial charge < -0.3 is 10.3 Å². The second-order valence-corrected chi connectivity index (χ2v) is 8.31. The molecule has 3 heterocycles. The van der Waals surface area contributed by atoms with Crippen LogP contribution in [0.1, 0.15) is 39.0 Å². The lowest BCUT2D eigenvalue weighted by molar-refractivity contribution is -0.144. The highest BCUT2D eigenvalue weighted by Crippen LogP contribution is 2.53. The third kappa shape index (κ3) is 2.97. The number of Topliss-reactive ketones (excluding diaryl/α,β-unsaturated/α-hetero) is 1. The fraction of sp³-hybridized carbons (Fsp3) is 0.429. The molecular formula is C21H21F2N5O. The van der Waals surface area contributed by atoms with Crippen molar-refractivity contribution in [1.82, 2.24) is 19.9 Å². The second kappa shape index (κ2) is 6.57. The van der Waals surface area contributed by atoms with Crippen molar-refractivity contribution in [3.63, 3.8) is 0 Å². The zero-order valence-corrected chi connectivity index (χ0v) is 16.0. The SMILES string of the molecule is CC1C(=O)CC12CCCC(Nc1nc(-c3c[nH]c4ncc(F)cc34)ncc1F)C2. The molecular weight excluding hydrogens is 376 g/mol. The number of nitrogens with one attached hydrogen (secondary N) is 2. The average Bonchev–Trinajstić information content (AvgIpc) is 3.13. The van der Waals surface area contributed by atoms with E-state index in [0.29, 0.717) is 34.6 Å². The zero-order chi connectivity index (χ0) is 20.2. The van der Waals surface area contributed by atoms with Gasteiger partial charge in [0.05, 0.1) is 12.4 Å². The predicted octanol–water partition coefficient (Wildman–Crippen LogP) is 4.25. The van der Waals surface area contributed by atoms with Gasteiger partial charge in [-0.05, 0) is 30.7 Å². The number of pyridine rings is 1. The molecule has 3 atom stereocenters. The molecule has 1 spiro atoms. The molecule has 0 bridgehead atoms. The van der Waals surface area contributed by atoms with Crippen LogP contribution in [0.15, 0.2) is 24.7 Å². The maximum absolute atomic E-state index is 14.4. The lowest BCUT2D eigenvalue weighted by Gasteiger charge is -2.51. The molecule has 29 heavy (non-hydrogen) atoms. The van der Waals surface area contributed by atoms with E-state index in [1.807, 2.05) is 6.92 Å². The fourth-order valence-electron chi connectivity index (χ4n) is 4.89. The summed E-state index contributed by atoms with van der Waals surface area (Å²) in [5.41, 5.74) is 1.12. The topological polar surface area (TPSA) is 83.6 Å². The molecule has 2 fully saturated rings. The summed E-state index contributed by atoms with van der Waals surface area (Å²) < 4.78 is 28.1. The van der Waals surface area contributed by atoms with E-state index in [-0.39, 0.29) is 23.2 Å². The number of rotatable bonds is 3. The van der Waals surface area contributed by atoms with Gasteiger partial charge in [-0.1, -0.05) is 13.3 Å². The largest absolute Gasteiger partial charge is 0.365 e. The summed E-state index contributed by atoms with van der Waals surface area (Å²) in [5.74, 6) is -0.169. The summed E-state index contributed by atoms with van der Waals surface area (Å²) in [6.07, 6.45) is 8.32. The summed E-state index contributed by atoms with van der Waals surface area (Å²) in [4.78, 5) is 27.2. The van der Waals surface area contributed by atoms with Gasteiger partial charge in [-0.2, -0.15) is 0 Å². The van der Waals surface area contributed by atoms with Crippen LogP contribution in [0, 0.1) is 23.0 Å². The van der Waals surface area contributed by atoms with Crippen molar-refractivity contribution < 1.29 is 13.6 Å². The summed E-state index contributed by atoms with van der Waals surface area (Å²) in [5, 5.41) is 3.77. The summed E-state index contributed by atoms with van der Waals surface area (Å²) in [6, 6.07) is 1.41. The maximum atomic E-state index is 14.4. The van der Waals surface area contributed by atoms with Crippen LogP contribution in [-0.4, -0.2) is 31.8 Å². The molecule has 0 aliphatic heterocycles. The molecule has 2 aliphatic carbocycles. The number of fused-ring (bicyclic) bond motifs is 1. The molecule has 3 aromatic heterocycles. The minimum absolute atomic E-state index is 0.0410. The number of nitrogens with zero attached hydrogens (tertiary/aromatic N) is 3. The first-order valence-corrected chi connectivity index (χ1v) is 9.90. The Hall–Kier alpha value is -2.90. The van der Waals surface area contributed by atoms with Gasteiger partial charge >= 0.3 is 0 Å². The van der Waals surface area contributed by atoms with Gasteiger partial charge in [0.25, 0.3) is 0 Å². The van der Waals surface area contributed by atoms with Crippen molar-refractivity contribution in [2.75, 3.05) is 5.32 Å². The van der Waals surface area contributed by atoms with E-state index in [1.165, 1.54) is 6.07 Å². The van der Waals surface area contributed by atoms with Crippen molar-refractivity contribution in [2.24, 2.45) is 11.3 Å². The number of carbonyl (C=O) groups excluding carboxylic acids is 1. The summed E-state index contributed by atoms with van der Waals surface area (Å²) in [6.45, 7) is 2.00. The smallest absolute Gasteiger partial charge is 0.183 e. The van der Waals surface area contributed by atoms with E-state index in [4.69, 9.17) is 0 Å². The fourth-order valence-corrected chi connectivity index (χ4v) is 4.89. The van der Waals surface area contributed by atoms with Gasteiger partial charge in [0.15, 0.2) is 17.5 Å². The maximum Gasteiger partial charge on any atom is 0.183 e. The number of aromatic nitrogens is 4. The number of hydrogen-bond donors (Lipinski definition) is 2. The molecule has 6 nitrogen and oxygen atoms in total. The molecule has 3 aromatic rings. The minimum Gasteiger partial charge on any atom is -0.365 e. The Labute approximate surface area is 166 Å². The third-order valence-electron chi connectivity index (χ3n) is 6.63. The molecule has 0 amide bonds. The van der Waals surface area contributed by atoms with Crippen molar-refractivity contribution in [3.05, 3.63) is 36.3 Å². The van der Waals surface area contributed by atoms with E-state index >= 15 is 0 Å². The molecule has 3 unspecified atom stereocenters. The summed E-state index contributed by atoms with van der Waals surface area (Å²) in [7, 11) is 0. The van der Waals surface area contributed by atoms with Crippen LogP contribution in [0.5, 0.6) is 0 Å². The first kappa shape index (κ1) is 18.1.